The summed E-state index contributed by atoms with van der Waals surface area (Å²) < 4.78 is 38.2. The second-order valence-corrected chi connectivity index (χ2v) is 8.00. The van der Waals surface area contributed by atoms with Crippen LogP contribution in [0.4, 0.5) is 0 Å². The fraction of sp³-hybridized carbons (Fsp3) is 0.625. The highest BCUT2D eigenvalue weighted by Gasteiger charge is 2.32. The molecule has 0 spiro atoms. The molecule has 1 aromatic rings. The number of ether oxygens (including phenoxy) is 2. The summed E-state index contributed by atoms with van der Waals surface area (Å²) in [6.07, 6.45) is 1.89. The van der Waals surface area contributed by atoms with Gasteiger partial charge < -0.3 is 14.4 Å². The van der Waals surface area contributed by atoms with E-state index < -0.39 is 10.0 Å². The summed E-state index contributed by atoms with van der Waals surface area (Å²) in [5.41, 5.74) is 0.662. The predicted octanol–water partition coefficient (Wildman–Crippen LogP) is 1.73. The fourth-order valence-corrected chi connectivity index (χ4v) is 4.68. The van der Waals surface area contributed by atoms with Gasteiger partial charge in [0, 0.05) is 25.2 Å². The highest BCUT2D eigenvalue weighted by molar-refractivity contribution is 7.89. The molecule has 6 nitrogen and oxygen atoms in total. The average molecular weight is 342 g/mol. The second kappa shape index (κ2) is 7.07. The van der Waals surface area contributed by atoms with Gasteiger partial charge in [-0.1, -0.05) is 0 Å². The molecule has 0 saturated carbocycles. The largest absolute Gasteiger partial charge is 0.493 e. The average Bonchev–Trinajstić information content (AvgIpc) is 2.54. The first-order valence-corrected chi connectivity index (χ1v) is 9.14. The molecule has 0 amide bonds. The Labute approximate surface area is 139 Å². The summed E-state index contributed by atoms with van der Waals surface area (Å²) >= 11 is 0. The number of methoxy groups -OCH3 is 2. The van der Waals surface area contributed by atoms with Crippen molar-refractivity contribution in [3.8, 4) is 11.5 Å². The van der Waals surface area contributed by atoms with Crippen molar-refractivity contribution in [1.29, 1.82) is 0 Å². The summed E-state index contributed by atoms with van der Waals surface area (Å²) in [6.45, 7) is 2.85. The van der Waals surface area contributed by atoms with Crippen LogP contribution in [0.2, 0.25) is 0 Å². The molecular formula is C16H26N2O4S. The van der Waals surface area contributed by atoms with Crippen LogP contribution < -0.4 is 9.47 Å². The van der Waals surface area contributed by atoms with E-state index in [0.717, 1.165) is 12.8 Å². The molecule has 0 radical (unpaired) electrons. The van der Waals surface area contributed by atoms with Gasteiger partial charge in [-0.2, -0.15) is 4.31 Å². The van der Waals surface area contributed by atoms with Gasteiger partial charge >= 0.3 is 0 Å². The summed E-state index contributed by atoms with van der Waals surface area (Å²) in [5, 5.41) is 0. The first-order chi connectivity index (χ1) is 10.8. The van der Waals surface area contributed by atoms with Gasteiger partial charge in [-0.05, 0) is 45.5 Å². The molecule has 0 N–H and O–H groups in total. The first-order valence-electron chi connectivity index (χ1n) is 7.70. The molecule has 2 rings (SSSR count). The minimum absolute atomic E-state index is 0.249. The number of hydrogen-bond acceptors (Lipinski definition) is 5. The minimum Gasteiger partial charge on any atom is -0.493 e. The Bertz CT molecular complexity index is 658. The van der Waals surface area contributed by atoms with Crippen molar-refractivity contribution in [3.05, 3.63) is 17.7 Å². The summed E-state index contributed by atoms with van der Waals surface area (Å²) in [7, 11) is 3.48. The van der Waals surface area contributed by atoms with Crippen LogP contribution in [0.1, 0.15) is 18.4 Å². The maximum Gasteiger partial charge on any atom is 0.243 e. The lowest BCUT2D eigenvalue weighted by molar-refractivity contribution is 0.190. The van der Waals surface area contributed by atoms with E-state index in [1.54, 1.807) is 23.4 Å². The number of likely N-dealkylation sites (N-methyl/N-ethyl adjacent to an activating group) is 1. The molecule has 1 aromatic carbocycles. The predicted molar refractivity (Wildman–Crippen MR) is 89.8 cm³/mol. The molecule has 1 saturated heterocycles. The Morgan fingerprint density at radius 1 is 1.17 bits per heavy atom. The molecule has 23 heavy (non-hydrogen) atoms. The van der Waals surface area contributed by atoms with Crippen molar-refractivity contribution in [2.24, 2.45) is 0 Å². The second-order valence-electron chi connectivity index (χ2n) is 6.10. The highest BCUT2D eigenvalue weighted by atomic mass is 32.2. The molecule has 1 heterocycles. The lowest BCUT2D eigenvalue weighted by Gasteiger charge is -2.35. The molecule has 130 valence electrons. The van der Waals surface area contributed by atoms with Crippen molar-refractivity contribution >= 4 is 10.0 Å². The van der Waals surface area contributed by atoms with E-state index in [0.29, 0.717) is 30.2 Å². The molecule has 1 fully saturated rings. The smallest absolute Gasteiger partial charge is 0.243 e. The van der Waals surface area contributed by atoms with E-state index in [-0.39, 0.29) is 10.9 Å². The lowest BCUT2D eigenvalue weighted by Crippen LogP contribution is -2.47. The van der Waals surface area contributed by atoms with Gasteiger partial charge in [-0.3, -0.25) is 0 Å². The zero-order valence-corrected chi connectivity index (χ0v) is 15.3. The Balaban J connectivity index is 2.39. The van der Waals surface area contributed by atoms with Crippen LogP contribution in [0.5, 0.6) is 11.5 Å². The maximum atomic E-state index is 13.1. The zero-order chi connectivity index (χ0) is 17.2. The van der Waals surface area contributed by atoms with Crippen molar-refractivity contribution in [1.82, 2.24) is 9.21 Å². The van der Waals surface area contributed by atoms with Gasteiger partial charge in [0.1, 0.15) is 0 Å². The van der Waals surface area contributed by atoms with Crippen molar-refractivity contribution < 1.29 is 17.9 Å². The summed E-state index contributed by atoms with van der Waals surface area (Å²) in [5.74, 6) is 0.964. The molecule has 0 unspecified atom stereocenters. The SMILES string of the molecule is COc1cc(C)c(S(=O)(=O)N2CCC[C@@H](N(C)C)C2)cc1OC. The van der Waals surface area contributed by atoms with Gasteiger partial charge in [0.05, 0.1) is 19.1 Å². The molecule has 7 heteroatoms. The molecule has 1 aliphatic rings. The van der Waals surface area contributed by atoms with Crippen LogP contribution in [0.25, 0.3) is 0 Å². The number of nitrogens with zero attached hydrogens (tertiary/aromatic N) is 2. The zero-order valence-electron chi connectivity index (χ0n) is 14.5. The number of hydrogen-bond donors (Lipinski definition) is 0. The molecule has 1 atom stereocenters. The third-order valence-electron chi connectivity index (χ3n) is 4.39. The van der Waals surface area contributed by atoms with E-state index in [4.69, 9.17) is 9.47 Å². The van der Waals surface area contributed by atoms with Crippen LogP contribution in [0, 0.1) is 6.92 Å². The van der Waals surface area contributed by atoms with E-state index >= 15 is 0 Å². The Kier molecular flexibility index (Phi) is 5.54. The van der Waals surface area contributed by atoms with Crippen LogP contribution in [-0.2, 0) is 10.0 Å². The van der Waals surface area contributed by atoms with Crippen LogP contribution >= 0.6 is 0 Å². The van der Waals surface area contributed by atoms with E-state index in [1.165, 1.54) is 14.2 Å². The summed E-state index contributed by atoms with van der Waals surface area (Å²) in [4.78, 5) is 2.37. The number of sulfonamides is 1. The van der Waals surface area contributed by atoms with E-state index in [2.05, 4.69) is 4.90 Å². The quantitative estimate of drug-likeness (QED) is 0.815. The van der Waals surface area contributed by atoms with Crippen molar-refractivity contribution in [2.75, 3.05) is 41.4 Å². The van der Waals surface area contributed by atoms with Gasteiger partial charge in [0.2, 0.25) is 10.0 Å². The third-order valence-corrected chi connectivity index (χ3v) is 6.40. The van der Waals surface area contributed by atoms with Gasteiger partial charge in [0.15, 0.2) is 11.5 Å². The lowest BCUT2D eigenvalue weighted by atomic mass is 10.1. The van der Waals surface area contributed by atoms with E-state index in [1.807, 2.05) is 14.1 Å². The van der Waals surface area contributed by atoms with Crippen molar-refractivity contribution in [3.63, 3.8) is 0 Å². The van der Waals surface area contributed by atoms with Gasteiger partial charge in [0.25, 0.3) is 0 Å². The first kappa shape index (κ1) is 18.0. The minimum atomic E-state index is -3.55. The van der Waals surface area contributed by atoms with Crippen molar-refractivity contribution in [2.45, 2.75) is 30.7 Å². The Morgan fingerprint density at radius 3 is 2.35 bits per heavy atom. The van der Waals surface area contributed by atoms with Crippen LogP contribution in [0.15, 0.2) is 17.0 Å². The number of benzene rings is 1. The number of aryl methyl sites for hydroxylation is 1. The van der Waals surface area contributed by atoms with E-state index in [9.17, 15) is 8.42 Å². The van der Waals surface area contributed by atoms with Crippen LogP contribution in [-0.4, -0.2) is 65.1 Å². The molecule has 1 aliphatic heterocycles. The normalized spacial score (nSPS) is 19.8. The maximum absolute atomic E-state index is 13.1. The monoisotopic (exact) mass is 342 g/mol. The van der Waals surface area contributed by atoms with Crippen LogP contribution in [0.3, 0.4) is 0 Å². The Morgan fingerprint density at radius 2 is 1.78 bits per heavy atom. The Hall–Kier alpha value is -1.31. The topological polar surface area (TPSA) is 59.1 Å². The van der Waals surface area contributed by atoms with Gasteiger partial charge in [-0.15, -0.1) is 0 Å². The van der Waals surface area contributed by atoms with Gasteiger partial charge in [-0.25, -0.2) is 8.42 Å². The number of rotatable bonds is 5. The standard InChI is InChI=1S/C16H26N2O4S/c1-12-9-14(21-4)15(22-5)10-16(12)23(19,20)18-8-6-7-13(11-18)17(2)3/h9-10,13H,6-8,11H2,1-5H3/t13-/m1/s1. The molecule has 0 bridgehead atoms. The number of piperidine rings is 1. The third kappa shape index (κ3) is 3.62. The summed E-state index contributed by atoms with van der Waals surface area (Å²) in [6, 6.07) is 3.51. The fourth-order valence-electron chi connectivity index (χ4n) is 2.94. The molecule has 0 aromatic heterocycles. The molecule has 0 aliphatic carbocycles. The molecular weight excluding hydrogens is 316 g/mol. The highest BCUT2D eigenvalue weighted by Crippen LogP contribution is 2.34.